The molecule has 0 aliphatic rings. The largest absolute Gasteiger partial charge is 0.453 e. The van der Waals surface area contributed by atoms with Crippen LogP contribution in [-0.2, 0) is 23.9 Å². The number of rotatable bonds is 9. The quantitative estimate of drug-likeness (QED) is 0.179. The molecule has 0 aromatic heterocycles. The second-order valence-electron chi connectivity index (χ2n) is 9.26. The maximum Gasteiger partial charge on any atom is 0.338 e. The summed E-state index contributed by atoms with van der Waals surface area (Å²) in [6.45, 7) is 8.40. The van der Waals surface area contributed by atoms with E-state index in [0.29, 0.717) is 0 Å². The van der Waals surface area contributed by atoms with Crippen LogP contribution in [0.5, 0.6) is 23.0 Å². The van der Waals surface area contributed by atoms with Gasteiger partial charge >= 0.3 is 29.8 Å². The van der Waals surface area contributed by atoms with Gasteiger partial charge in [0.1, 0.15) is 29.1 Å². The number of esters is 5. The van der Waals surface area contributed by atoms with Crippen molar-refractivity contribution >= 4 is 40.6 Å². The van der Waals surface area contributed by atoms with Crippen LogP contribution in [0, 0.1) is 0 Å². The molecule has 0 fully saturated rings. The van der Waals surface area contributed by atoms with Gasteiger partial charge in [-0.05, 0) is 44.2 Å². The highest BCUT2D eigenvalue weighted by Gasteiger charge is 2.30. The highest BCUT2D eigenvalue weighted by Crippen LogP contribution is 2.49. The zero-order valence-electron chi connectivity index (χ0n) is 23.6. The van der Waals surface area contributed by atoms with E-state index >= 15 is 0 Å². The average molecular weight is 563 g/mol. The SMILES string of the molecule is CC(=O)Oc1ccc(OC(C)=O)c2c(OC(C)=O)c(C(CC=C(C)C)OC(=O)c3ccccc3)cc(OC(C)=O)c12. The van der Waals surface area contributed by atoms with Gasteiger partial charge in [-0.15, -0.1) is 0 Å². The lowest BCUT2D eigenvalue weighted by molar-refractivity contribution is -0.133. The number of carbonyl (C=O) groups is 5. The second-order valence-corrected chi connectivity index (χ2v) is 9.26. The molecule has 10 heteroatoms. The van der Waals surface area contributed by atoms with E-state index in [9.17, 15) is 24.0 Å². The van der Waals surface area contributed by atoms with E-state index < -0.39 is 36.0 Å². The Balaban J connectivity index is 2.45. The number of hydrogen-bond donors (Lipinski definition) is 0. The standard InChI is InChI=1S/C31H30O10/c1-17(2)12-13-24(41-31(36)22-10-8-7-9-11-22)23-16-27(39-20(5)34)28-25(37-18(3)32)14-15-26(38-19(4)33)29(28)30(23)40-21(6)35/h7-12,14-16,24H,13H2,1-6H3. The van der Waals surface area contributed by atoms with E-state index in [1.807, 2.05) is 19.9 Å². The van der Waals surface area contributed by atoms with E-state index in [-0.39, 0.29) is 51.3 Å². The summed E-state index contributed by atoms with van der Waals surface area (Å²) in [5.41, 5.74) is 1.33. The lowest BCUT2D eigenvalue weighted by Crippen LogP contribution is -2.16. The van der Waals surface area contributed by atoms with E-state index in [0.717, 1.165) is 12.5 Å². The zero-order chi connectivity index (χ0) is 30.3. The van der Waals surface area contributed by atoms with E-state index in [4.69, 9.17) is 23.7 Å². The van der Waals surface area contributed by atoms with Crippen molar-refractivity contribution in [1.29, 1.82) is 0 Å². The topological polar surface area (TPSA) is 132 Å². The number of carbonyl (C=O) groups excluding carboxylic acids is 5. The molecule has 0 radical (unpaired) electrons. The van der Waals surface area contributed by atoms with E-state index in [2.05, 4.69) is 0 Å². The number of fused-ring (bicyclic) bond motifs is 1. The number of hydrogen-bond acceptors (Lipinski definition) is 10. The average Bonchev–Trinajstić information content (AvgIpc) is 2.88. The first-order valence-corrected chi connectivity index (χ1v) is 12.6. The predicted molar refractivity (Wildman–Crippen MR) is 148 cm³/mol. The molecule has 3 rings (SSSR count). The molecular weight excluding hydrogens is 532 g/mol. The Kier molecular flexibility index (Phi) is 9.97. The molecule has 0 bridgehead atoms. The van der Waals surface area contributed by atoms with Crippen LogP contribution < -0.4 is 18.9 Å². The molecule has 0 amide bonds. The van der Waals surface area contributed by atoms with Crippen molar-refractivity contribution in [2.75, 3.05) is 0 Å². The fourth-order valence-corrected chi connectivity index (χ4v) is 4.02. The molecular formula is C31H30O10. The Labute approximate surface area is 236 Å². The third-order valence-electron chi connectivity index (χ3n) is 5.50. The second kappa shape index (κ2) is 13.4. The minimum Gasteiger partial charge on any atom is -0.453 e. The molecule has 0 aliphatic heterocycles. The summed E-state index contributed by atoms with van der Waals surface area (Å²) >= 11 is 0. The molecule has 1 unspecified atom stereocenters. The number of benzene rings is 3. The van der Waals surface area contributed by atoms with Gasteiger partial charge in [-0.1, -0.05) is 29.8 Å². The summed E-state index contributed by atoms with van der Waals surface area (Å²) in [6.07, 6.45) is 0.902. The van der Waals surface area contributed by atoms with Gasteiger partial charge in [-0.3, -0.25) is 19.2 Å². The molecule has 0 N–H and O–H groups in total. The normalized spacial score (nSPS) is 11.2. The van der Waals surface area contributed by atoms with Crippen molar-refractivity contribution in [2.45, 2.75) is 54.1 Å². The molecule has 0 saturated heterocycles. The first-order valence-electron chi connectivity index (χ1n) is 12.6. The first-order chi connectivity index (χ1) is 19.4. The summed E-state index contributed by atoms with van der Waals surface area (Å²) in [5.74, 6) is -3.88. The van der Waals surface area contributed by atoms with Crippen LogP contribution in [0.1, 0.15) is 70.0 Å². The summed E-state index contributed by atoms with van der Waals surface area (Å²) in [6, 6.07) is 12.4. The lowest BCUT2D eigenvalue weighted by Gasteiger charge is -2.24. The highest BCUT2D eigenvalue weighted by atomic mass is 16.6. The maximum absolute atomic E-state index is 13.2. The first kappa shape index (κ1) is 30.6. The van der Waals surface area contributed by atoms with Crippen LogP contribution in [0.2, 0.25) is 0 Å². The minimum atomic E-state index is -1.06. The molecule has 214 valence electrons. The molecule has 3 aromatic carbocycles. The molecule has 0 saturated carbocycles. The smallest absolute Gasteiger partial charge is 0.338 e. The van der Waals surface area contributed by atoms with Crippen LogP contribution in [0.25, 0.3) is 10.8 Å². The Bertz CT molecular complexity index is 1530. The van der Waals surface area contributed by atoms with Gasteiger partial charge in [-0.25, -0.2) is 4.79 Å². The molecule has 1 atom stereocenters. The van der Waals surface area contributed by atoms with Gasteiger partial charge in [0.2, 0.25) is 0 Å². The third kappa shape index (κ3) is 8.01. The van der Waals surface area contributed by atoms with Crippen LogP contribution in [0.3, 0.4) is 0 Å². The molecule has 0 spiro atoms. The Morgan fingerprint density at radius 3 is 1.68 bits per heavy atom. The Morgan fingerprint density at radius 1 is 0.659 bits per heavy atom. The van der Waals surface area contributed by atoms with Gasteiger partial charge in [-0.2, -0.15) is 0 Å². The van der Waals surface area contributed by atoms with Crippen molar-refractivity contribution in [3.63, 3.8) is 0 Å². The molecule has 0 aliphatic carbocycles. The van der Waals surface area contributed by atoms with E-state index in [1.54, 1.807) is 30.3 Å². The molecule has 41 heavy (non-hydrogen) atoms. The monoisotopic (exact) mass is 562 g/mol. The van der Waals surface area contributed by atoms with Gasteiger partial charge in [0, 0.05) is 39.7 Å². The van der Waals surface area contributed by atoms with Crippen LogP contribution in [0.15, 0.2) is 60.2 Å². The van der Waals surface area contributed by atoms with Crippen molar-refractivity contribution in [3.05, 3.63) is 71.3 Å². The van der Waals surface area contributed by atoms with Gasteiger partial charge in [0.15, 0.2) is 0 Å². The van der Waals surface area contributed by atoms with Crippen LogP contribution in [-0.4, -0.2) is 29.8 Å². The van der Waals surface area contributed by atoms with Gasteiger partial charge in [0.05, 0.1) is 16.3 Å². The fourth-order valence-electron chi connectivity index (χ4n) is 4.02. The fraction of sp³-hybridized carbons (Fsp3) is 0.258. The van der Waals surface area contributed by atoms with Crippen LogP contribution in [0.4, 0.5) is 0 Å². The van der Waals surface area contributed by atoms with Crippen molar-refractivity contribution < 1.29 is 47.7 Å². The minimum absolute atomic E-state index is 0.0131. The van der Waals surface area contributed by atoms with Crippen molar-refractivity contribution in [2.24, 2.45) is 0 Å². The van der Waals surface area contributed by atoms with Gasteiger partial charge < -0.3 is 23.7 Å². The maximum atomic E-state index is 13.2. The molecule has 3 aromatic rings. The summed E-state index contributed by atoms with van der Waals surface area (Å²) in [7, 11) is 0. The van der Waals surface area contributed by atoms with Crippen molar-refractivity contribution in [3.8, 4) is 23.0 Å². The summed E-state index contributed by atoms with van der Waals surface area (Å²) < 4.78 is 27.9. The summed E-state index contributed by atoms with van der Waals surface area (Å²) in [4.78, 5) is 61.7. The summed E-state index contributed by atoms with van der Waals surface area (Å²) in [5, 5.41) is 0.00496. The Hall–Kier alpha value is -4.99. The number of ether oxygens (including phenoxy) is 5. The lowest BCUT2D eigenvalue weighted by atomic mass is 9.96. The van der Waals surface area contributed by atoms with Crippen molar-refractivity contribution in [1.82, 2.24) is 0 Å². The highest BCUT2D eigenvalue weighted by molar-refractivity contribution is 6.06. The Morgan fingerprint density at radius 2 is 1.17 bits per heavy atom. The number of allylic oxidation sites excluding steroid dienone is 1. The zero-order valence-corrected chi connectivity index (χ0v) is 23.6. The van der Waals surface area contributed by atoms with Gasteiger partial charge in [0.25, 0.3) is 0 Å². The molecule has 10 nitrogen and oxygen atoms in total. The van der Waals surface area contributed by atoms with E-state index in [1.165, 1.54) is 39.0 Å². The van der Waals surface area contributed by atoms with Crippen LogP contribution >= 0.6 is 0 Å². The predicted octanol–water partition coefficient (Wildman–Crippen LogP) is 5.80. The third-order valence-corrected chi connectivity index (χ3v) is 5.50. The molecule has 0 heterocycles.